The Balaban J connectivity index is 1.46. The predicted molar refractivity (Wildman–Crippen MR) is 121 cm³/mol. The van der Waals surface area contributed by atoms with E-state index in [0.29, 0.717) is 29.6 Å². The molecule has 0 aliphatic carbocycles. The molecular weight excluding hydrogens is 389 g/mol. The number of benzene rings is 2. The fourth-order valence-corrected chi connectivity index (χ4v) is 3.92. The Labute approximate surface area is 181 Å². The highest BCUT2D eigenvalue weighted by Crippen LogP contribution is 2.30. The van der Waals surface area contributed by atoms with Gasteiger partial charge < -0.3 is 9.47 Å². The topological polar surface area (TPSA) is 66.2 Å². The molecule has 1 aliphatic rings. The second-order valence-electron chi connectivity index (χ2n) is 7.70. The summed E-state index contributed by atoms with van der Waals surface area (Å²) in [6.07, 6.45) is 4.51. The van der Waals surface area contributed by atoms with E-state index in [0.717, 1.165) is 35.8 Å². The van der Waals surface area contributed by atoms with Gasteiger partial charge in [0.25, 0.3) is 0 Å². The summed E-state index contributed by atoms with van der Waals surface area (Å²) < 4.78 is 13.8. The van der Waals surface area contributed by atoms with Gasteiger partial charge in [0, 0.05) is 18.4 Å². The molecule has 1 aliphatic heterocycles. The molecule has 3 heterocycles. The van der Waals surface area contributed by atoms with Crippen LogP contribution in [0.4, 0.5) is 0 Å². The minimum Gasteiger partial charge on any atom is -0.440 e. The first-order chi connectivity index (χ1) is 15.2. The average Bonchev–Trinajstić information content (AvgIpc) is 3.21. The first-order valence-electron chi connectivity index (χ1n) is 10.5. The van der Waals surface area contributed by atoms with Crippen molar-refractivity contribution in [3.05, 3.63) is 78.2 Å². The maximum absolute atomic E-state index is 13.4. The number of nitrogens with zero attached hydrogens (tertiary/aromatic N) is 3. The van der Waals surface area contributed by atoms with Crippen LogP contribution in [-0.2, 0) is 4.74 Å². The zero-order valence-electron chi connectivity index (χ0n) is 17.3. The van der Waals surface area contributed by atoms with Crippen molar-refractivity contribution in [2.75, 3.05) is 6.61 Å². The van der Waals surface area contributed by atoms with Gasteiger partial charge in [-0.3, -0.25) is 9.36 Å². The number of aromatic nitrogens is 3. The lowest BCUT2D eigenvalue weighted by atomic mass is 9.98. The van der Waals surface area contributed by atoms with Gasteiger partial charge in [-0.05, 0) is 67.2 Å². The Bertz CT molecular complexity index is 1230. The van der Waals surface area contributed by atoms with Crippen molar-refractivity contribution in [3.8, 4) is 11.6 Å². The van der Waals surface area contributed by atoms with Gasteiger partial charge in [-0.1, -0.05) is 18.2 Å². The van der Waals surface area contributed by atoms with Crippen LogP contribution < -0.4 is 10.2 Å². The van der Waals surface area contributed by atoms with Crippen LogP contribution in [0.1, 0.15) is 41.7 Å². The molecule has 0 bridgehead atoms. The Morgan fingerprint density at radius 3 is 2.68 bits per heavy atom. The molecule has 7 heteroatoms. The molecule has 154 valence electrons. The molecule has 1 fully saturated rings. The van der Waals surface area contributed by atoms with Crippen LogP contribution in [0.15, 0.2) is 66.9 Å². The van der Waals surface area contributed by atoms with E-state index in [1.54, 1.807) is 30.5 Å². The Morgan fingerprint density at radius 1 is 1.06 bits per heavy atom. The average molecular weight is 411 g/mol. The largest absolute Gasteiger partial charge is 0.440 e. The summed E-state index contributed by atoms with van der Waals surface area (Å²) in [5.41, 5.74) is 3.22. The second kappa shape index (κ2) is 8.36. The van der Waals surface area contributed by atoms with E-state index in [9.17, 15) is 4.79 Å². The lowest BCUT2D eigenvalue weighted by Crippen LogP contribution is -2.22. The number of hydrogen-bond donors (Lipinski definition) is 0. The van der Waals surface area contributed by atoms with Gasteiger partial charge in [0.15, 0.2) is 5.82 Å². The summed E-state index contributed by atoms with van der Waals surface area (Å²) >= 11 is 0. The standard InChI is InChI=1S/C24H22BN3O3/c25-18-6-5-14-26-24(18)31-17-12-10-16(11-13-17)22(29)23-27-19-7-1-2-8-20(19)28(23)21-9-3-4-15-30-21/h1-2,5-8,10-14,21H,3-4,9,15,25H2. The Hall–Kier alpha value is -3.45. The number of fused-ring (bicyclic) bond motifs is 1. The van der Waals surface area contributed by atoms with Gasteiger partial charge >= 0.3 is 0 Å². The summed E-state index contributed by atoms with van der Waals surface area (Å²) in [5.74, 6) is 1.45. The molecule has 4 aromatic rings. The van der Waals surface area contributed by atoms with Gasteiger partial charge in [-0.15, -0.1) is 0 Å². The van der Waals surface area contributed by atoms with Crippen molar-refractivity contribution in [2.24, 2.45) is 0 Å². The normalized spacial score (nSPS) is 16.3. The number of ketones is 1. The molecule has 1 saturated heterocycles. The van der Waals surface area contributed by atoms with Crippen LogP contribution in [0.25, 0.3) is 11.0 Å². The van der Waals surface area contributed by atoms with Gasteiger partial charge in [0.2, 0.25) is 11.7 Å². The first kappa shape index (κ1) is 19.5. The van der Waals surface area contributed by atoms with E-state index in [-0.39, 0.29) is 12.0 Å². The maximum atomic E-state index is 13.4. The lowest BCUT2D eigenvalue weighted by molar-refractivity contribution is -0.0304. The molecule has 2 aromatic carbocycles. The summed E-state index contributed by atoms with van der Waals surface area (Å²) in [7, 11) is 1.94. The van der Waals surface area contributed by atoms with Crippen molar-refractivity contribution < 1.29 is 14.3 Å². The van der Waals surface area contributed by atoms with Crippen LogP contribution in [0.3, 0.4) is 0 Å². The SMILES string of the molecule is Bc1cccnc1Oc1ccc(C(=O)c2nc3ccccc3n2C2CCCCO2)cc1. The molecule has 1 unspecified atom stereocenters. The third kappa shape index (κ3) is 3.84. The van der Waals surface area contributed by atoms with Crippen molar-refractivity contribution >= 4 is 30.1 Å². The molecule has 0 saturated carbocycles. The monoisotopic (exact) mass is 411 g/mol. The van der Waals surface area contributed by atoms with Crippen LogP contribution in [0, 0.1) is 0 Å². The molecule has 1 atom stereocenters. The highest BCUT2D eigenvalue weighted by atomic mass is 16.5. The summed E-state index contributed by atoms with van der Waals surface area (Å²) in [6.45, 7) is 0.698. The minimum atomic E-state index is -0.171. The fourth-order valence-electron chi connectivity index (χ4n) is 3.92. The number of carbonyl (C=O) groups excluding carboxylic acids is 1. The Kier molecular flexibility index (Phi) is 5.26. The summed E-state index contributed by atoms with van der Waals surface area (Å²) in [6, 6.07) is 18.7. The number of ether oxygens (including phenoxy) is 2. The first-order valence-corrected chi connectivity index (χ1v) is 10.5. The molecule has 6 nitrogen and oxygen atoms in total. The molecule has 5 rings (SSSR count). The van der Waals surface area contributed by atoms with Crippen LogP contribution in [0.2, 0.25) is 0 Å². The van der Waals surface area contributed by atoms with Crippen molar-refractivity contribution in [1.29, 1.82) is 0 Å². The second-order valence-corrected chi connectivity index (χ2v) is 7.70. The van der Waals surface area contributed by atoms with E-state index >= 15 is 0 Å². The zero-order chi connectivity index (χ0) is 21.2. The van der Waals surface area contributed by atoms with Crippen molar-refractivity contribution in [3.63, 3.8) is 0 Å². The number of para-hydroxylation sites is 2. The number of imidazole rings is 1. The number of hydrogen-bond acceptors (Lipinski definition) is 5. The molecule has 0 radical (unpaired) electrons. The van der Waals surface area contributed by atoms with E-state index < -0.39 is 0 Å². The predicted octanol–water partition coefficient (Wildman–Crippen LogP) is 3.41. The third-order valence-corrected chi connectivity index (χ3v) is 5.53. The number of carbonyl (C=O) groups is 1. The van der Waals surface area contributed by atoms with E-state index in [2.05, 4.69) is 9.97 Å². The van der Waals surface area contributed by atoms with Crippen LogP contribution in [0.5, 0.6) is 11.6 Å². The number of rotatable bonds is 5. The summed E-state index contributed by atoms with van der Waals surface area (Å²) in [4.78, 5) is 22.3. The minimum absolute atomic E-state index is 0.133. The zero-order valence-corrected chi connectivity index (χ0v) is 17.3. The van der Waals surface area contributed by atoms with Crippen molar-refractivity contribution in [2.45, 2.75) is 25.5 Å². The van der Waals surface area contributed by atoms with Crippen molar-refractivity contribution in [1.82, 2.24) is 14.5 Å². The van der Waals surface area contributed by atoms with Crippen LogP contribution in [-0.4, -0.2) is 34.8 Å². The molecule has 2 aromatic heterocycles. The van der Waals surface area contributed by atoms with Gasteiger partial charge in [0.1, 0.15) is 19.8 Å². The highest BCUT2D eigenvalue weighted by Gasteiger charge is 2.26. The molecule has 0 spiro atoms. The fraction of sp³-hybridized carbons (Fsp3) is 0.208. The molecular formula is C24H22BN3O3. The van der Waals surface area contributed by atoms with E-state index in [1.165, 1.54) is 0 Å². The highest BCUT2D eigenvalue weighted by molar-refractivity contribution is 6.33. The quantitative estimate of drug-likeness (QED) is 0.372. The van der Waals surface area contributed by atoms with Gasteiger partial charge in [-0.2, -0.15) is 0 Å². The van der Waals surface area contributed by atoms with Gasteiger partial charge in [-0.25, -0.2) is 9.97 Å². The molecule has 0 amide bonds. The summed E-state index contributed by atoms with van der Waals surface area (Å²) in [5, 5.41) is 0. The number of pyridine rings is 1. The third-order valence-electron chi connectivity index (χ3n) is 5.53. The van der Waals surface area contributed by atoms with Crippen LogP contribution >= 0.6 is 0 Å². The lowest BCUT2D eigenvalue weighted by Gasteiger charge is -2.25. The van der Waals surface area contributed by atoms with E-state index in [1.807, 2.05) is 48.8 Å². The maximum Gasteiger partial charge on any atom is 0.228 e. The molecule has 31 heavy (non-hydrogen) atoms. The van der Waals surface area contributed by atoms with E-state index in [4.69, 9.17) is 9.47 Å². The van der Waals surface area contributed by atoms with Gasteiger partial charge in [0.05, 0.1) is 11.0 Å². The molecule has 0 N–H and O–H groups in total. The Morgan fingerprint density at radius 2 is 1.90 bits per heavy atom. The smallest absolute Gasteiger partial charge is 0.228 e.